The fourth-order valence-electron chi connectivity index (χ4n) is 2.76. The number of esters is 1. The van der Waals surface area contributed by atoms with Crippen LogP contribution in [0.15, 0.2) is 12.1 Å². The van der Waals surface area contributed by atoms with Crippen LogP contribution in [0.25, 0.3) is 0 Å². The minimum absolute atomic E-state index is 0.0187. The Morgan fingerprint density at radius 2 is 1.37 bits per heavy atom. The van der Waals surface area contributed by atoms with Crippen molar-refractivity contribution in [3.63, 3.8) is 0 Å². The maximum Gasteiger partial charge on any atom is 0.338 e. The molecular weight excluding hydrogens is 360 g/mol. The quantitative estimate of drug-likeness (QED) is 0.357. The highest BCUT2D eigenvalue weighted by Gasteiger charge is 2.51. The van der Waals surface area contributed by atoms with E-state index in [-0.39, 0.29) is 24.7 Å². The molecule has 1 aromatic carbocycles. The molecule has 0 heterocycles. The van der Waals surface area contributed by atoms with Crippen LogP contribution in [0.4, 0.5) is 17.6 Å². The molecule has 0 radical (unpaired) electrons. The van der Waals surface area contributed by atoms with Crippen molar-refractivity contribution in [3.8, 4) is 0 Å². The number of carbonyl (C=O) groups excluding carboxylic acids is 1. The summed E-state index contributed by atoms with van der Waals surface area (Å²) in [5, 5.41) is 0. The topological polar surface area (TPSA) is 26.3 Å². The molecular formula is C21H30F4O2. The summed E-state index contributed by atoms with van der Waals surface area (Å²) >= 11 is 0. The molecule has 0 aliphatic heterocycles. The number of benzene rings is 1. The van der Waals surface area contributed by atoms with Gasteiger partial charge in [0.2, 0.25) is 0 Å². The molecule has 0 aliphatic carbocycles. The molecule has 0 unspecified atom stereocenters. The van der Waals surface area contributed by atoms with Crippen LogP contribution in [0.3, 0.4) is 0 Å². The molecule has 0 bridgehead atoms. The molecule has 154 valence electrons. The van der Waals surface area contributed by atoms with Crippen LogP contribution in [0.1, 0.15) is 99.7 Å². The Hall–Kier alpha value is -1.59. The normalized spacial score (nSPS) is 13.0. The first kappa shape index (κ1) is 23.4. The van der Waals surface area contributed by atoms with Crippen molar-refractivity contribution in [1.82, 2.24) is 0 Å². The summed E-state index contributed by atoms with van der Waals surface area (Å²) in [6, 6.07) is 3.87. The Kier molecular flexibility index (Phi) is 7.48. The van der Waals surface area contributed by atoms with Gasteiger partial charge < -0.3 is 4.74 Å². The van der Waals surface area contributed by atoms with Crippen LogP contribution in [0.5, 0.6) is 0 Å². The fourth-order valence-corrected chi connectivity index (χ4v) is 2.76. The molecule has 0 spiro atoms. The summed E-state index contributed by atoms with van der Waals surface area (Å²) in [4.78, 5) is 12.7. The van der Waals surface area contributed by atoms with Crippen molar-refractivity contribution >= 4 is 5.97 Å². The Labute approximate surface area is 159 Å². The molecule has 0 atom stereocenters. The first-order valence-electron chi connectivity index (χ1n) is 9.29. The molecule has 1 rings (SSSR count). The highest BCUT2D eigenvalue weighted by molar-refractivity contribution is 5.93. The first-order valence-corrected chi connectivity index (χ1v) is 9.29. The van der Waals surface area contributed by atoms with E-state index in [0.717, 1.165) is 16.7 Å². The standard InChI is InChI=1S/C21H30F4O2/c1-12(2)15-10-16(13(3)4)18(17(11-15)14(5)6)19(26)27-9-8-21(24,25)20(7,22)23/h10-14H,8-9H2,1-7H3. The predicted octanol–water partition coefficient (Wildman–Crippen LogP) is 6.89. The summed E-state index contributed by atoms with van der Waals surface area (Å²) in [5.74, 6) is -8.83. The highest BCUT2D eigenvalue weighted by atomic mass is 19.3. The van der Waals surface area contributed by atoms with Gasteiger partial charge in [-0.3, -0.25) is 0 Å². The highest BCUT2D eigenvalue weighted by Crippen LogP contribution is 2.37. The van der Waals surface area contributed by atoms with E-state index in [1.54, 1.807) is 0 Å². The van der Waals surface area contributed by atoms with Gasteiger partial charge in [-0.25, -0.2) is 13.6 Å². The van der Waals surface area contributed by atoms with Crippen LogP contribution in [-0.4, -0.2) is 24.4 Å². The zero-order valence-electron chi connectivity index (χ0n) is 17.1. The molecule has 0 N–H and O–H groups in total. The minimum atomic E-state index is -4.23. The van der Waals surface area contributed by atoms with Gasteiger partial charge in [0.15, 0.2) is 0 Å². The second kappa shape index (κ2) is 8.61. The average Bonchev–Trinajstić information content (AvgIpc) is 2.51. The van der Waals surface area contributed by atoms with Gasteiger partial charge in [0.25, 0.3) is 0 Å². The van der Waals surface area contributed by atoms with Gasteiger partial charge in [-0.1, -0.05) is 53.7 Å². The SMILES string of the molecule is CC(C)c1cc(C(C)C)c(C(=O)OCCC(F)(F)C(C)(F)F)c(C(C)C)c1. The average molecular weight is 390 g/mol. The van der Waals surface area contributed by atoms with Crippen LogP contribution in [0, 0.1) is 0 Å². The zero-order valence-corrected chi connectivity index (χ0v) is 17.1. The Bertz CT molecular complexity index is 630. The Balaban J connectivity index is 3.18. The van der Waals surface area contributed by atoms with Crippen LogP contribution >= 0.6 is 0 Å². The summed E-state index contributed by atoms with van der Waals surface area (Å²) in [5.41, 5.74) is 3.00. The van der Waals surface area contributed by atoms with Crippen molar-refractivity contribution in [2.75, 3.05) is 6.61 Å². The van der Waals surface area contributed by atoms with Crippen molar-refractivity contribution in [2.45, 2.75) is 84.5 Å². The van der Waals surface area contributed by atoms with Crippen LogP contribution < -0.4 is 0 Å². The maximum absolute atomic E-state index is 13.4. The molecule has 1 aromatic rings. The third-order valence-corrected chi connectivity index (χ3v) is 4.63. The fraction of sp³-hybridized carbons (Fsp3) is 0.667. The van der Waals surface area contributed by atoms with E-state index in [2.05, 4.69) is 13.8 Å². The van der Waals surface area contributed by atoms with E-state index in [1.165, 1.54) is 0 Å². The predicted molar refractivity (Wildman–Crippen MR) is 99.2 cm³/mol. The van der Waals surface area contributed by atoms with Crippen molar-refractivity contribution in [3.05, 3.63) is 34.4 Å². The van der Waals surface area contributed by atoms with Crippen molar-refractivity contribution in [1.29, 1.82) is 0 Å². The molecule has 0 fully saturated rings. The van der Waals surface area contributed by atoms with Crippen molar-refractivity contribution in [2.24, 2.45) is 0 Å². The second-order valence-corrected chi connectivity index (χ2v) is 8.02. The van der Waals surface area contributed by atoms with E-state index in [0.29, 0.717) is 5.56 Å². The second-order valence-electron chi connectivity index (χ2n) is 8.02. The van der Waals surface area contributed by atoms with Gasteiger partial charge in [-0.15, -0.1) is 0 Å². The molecule has 6 heteroatoms. The number of carbonyl (C=O) groups is 1. The maximum atomic E-state index is 13.4. The molecule has 0 amide bonds. The lowest BCUT2D eigenvalue weighted by molar-refractivity contribution is -0.204. The van der Waals surface area contributed by atoms with Gasteiger partial charge in [0.1, 0.15) is 0 Å². The van der Waals surface area contributed by atoms with E-state index < -0.39 is 30.8 Å². The van der Waals surface area contributed by atoms with E-state index in [9.17, 15) is 22.4 Å². The van der Waals surface area contributed by atoms with E-state index in [1.807, 2.05) is 39.8 Å². The summed E-state index contributed by atoms with van der Waals surface area (Å²) < 4.78 is 57.6. The number of rotatable bonds is 8. The van der Waals surface area contributed by atoms with Gasteiger partial charge in [0, 0.05) is 6.92 Å². The van der Waals surface area contributed by atoms with Gasteiger partial charge >= 0.3 is 17.8 Å². The number of ether oxygens (including phenoxy) is 1. The van der Waals surface area contributed by atoms with E-state index in [4.69, 9.17) is 4.74 Å². The largest absolute Gasteiger partial charge is 0.462 e. The summed E-state index contributed by atoms with van der Waals surface area (Å²) in [6.07, 6.45) is -1.22. The molecule has 27 heavy (non-hydrogen) atoms. The lowest BCUT2D eigenvalue weighted by Gasteiger charge is -2.24. The van der Waals surface area contributed by atoms with Crippen molar-refractivity contribution < 1.29 is 27.1 Å². The monoisotopic (exact) mass is 390 g/mol. The lowest BCUT2D eigenvalue weighted by atomic mass is 9.84. The molecule has 0 saturated carbocycles. The Morgan fingerprint density at radius 1 is 0.926 bits per heavy atom. The number of alkyl halides is 4. The first-order chi connectivity index (χ1) is 12.2. The molecule has 2 nitrogen and oxygen atoms in total. The number of halogens is 4. The third-order valence-electron chi connectivity index (χ3n) is 4.63. The minimum Gasteiger partial charge on any atom is -0.462 e. The smallest absolute Gasteiger partial charge is 0.338 e. The van der Waals surface area contributed by atoms with Gasteiger partial charge in [-0.2, -0.15) is 8.78 Å². The number of hydrogen-bond acceptors (Lipinski definition) is 2. The van der Waals surface area contributed by atoms with E-state index >= 15 is 0 Å². The molecule has 0 aliphatic rings. The van der Waals surface area contributed by atoms with Gasteiger partial charge in [0.05, 0.1) is 18.6 Å². The molecule has 0 aromatic heterocycles. The third kappa shape index (κ3) is 5.69. The van der Waals surface area contributed by atoms with Crippen LogP contribution in [0.2, 0.25) is 0 Å². The zero-order chi connectivity index (χ0) is 21.2. The summed E-state index contributed by atoms with van der Waals surface area (Å²) in [7, 11) is 0. The number of hydrogen-bond donors (Lipinski definition) is 0. The molecule has 0 saturated heterocycles. The lowest BCUT2D eigenvalue weighted by Crippen LogP contribution is -2.38. The van der Waals surface area contributed by atoms with Gasteiger partial charge in [-0.05, 0) is 34.4 Å². The Morgan fingerprint density at radius 3 is 1.70 bits per heavy atom. The summed E-state index contributed by atoms with van der Waals surface area (Å²) in [6.45, 7) is 11.2. The van der Waals surface area contributed by atoms with Crippen LogP contribution in [-0.2, 0) is 4.74 Å².